The first-order valence-corrected chi connectivity index (χ1v) is 11.8. The van der Waals surface area contributed by atoms with Crippen molar-refractivity contribution in [2.75, 3.05) is 64.3 Å². The van der Waals surface area contributed by atoms with Gasteiger partial charge in [-0.15, -0.1) is 0 Å². The molecule has 2 aromatic rings. The SMILES string of the molecule is COCCC(=O)N1CCC(Nc2nc(N3CCCCC3)nc3cc(OC)c(OC)cc23)CC1. The van der Waals surface area contributed by atoms with Crippen LogP contribution >= 0.6 is 0 Å². The van der Waals surface area contributed by atoms with Crippen LogP contribution in [0.5, 0.6) is 11.5 Å². The number of nitrogens with zero attached hydrogens (tertiary/aromatic N) is 4. The van der Waals surface area contributed by atoms with Crippen molar-refractivity contribution < 1.29 is 19.0 Å². The summed E-state index contributed by atoms with van der Waals surface area (Å²) in [4.78, 5) is 26.3. The van der Waals surface area contributed by atoms with E-state index in [1.54, 1.807) is 21.3 Å². The number of carbonyl (C=O) groups is 1. The molecule has 0 spiro atoms. The lowest BCUT2D eigenvalue weighted by atomic mass is 10.0. The standard InChI is InChI=1S/C24H35N5O4/c1-31-14-9-22(30)28-12-7-17(8-13-28)25-23-18-15-20(32-2)21(33-3)16-19(18)26-24(27-23)29-10-5-4-6-11-29/h15-17H,4-14H2,1-3H3,(H,25,26,27). The normalized spacial score (nSPS) is 17.3. The number of piperidine rings is 2. The fourth-order valence-corrected chi connectivity index (χ4v) is 4.60. The monoisotopic (exact) mass is 457 g/mol. The van der Waals surface area contributed by atoms with E-state index in [4.69, 9.17) is 24.2 Å². The second-order valence-corrected chi connectivity index (χ2v) is 8.69. The fourth-order valence-electron chi connectivity index (χ4n) is 4.60. The van der Waals surface area contributed by atoms with Crippen LogP contribution < -0.4 is 19.7 Å². The summed E-state index contributed by atoms with van der Waals surface area (Å²) in [5.74, 6) is 3.03. The molecule has 0 radical (unpaired) electrons. The minimum Gasteiger partial charge on any atom is -0.493 e. The second-order valence-electron chi connectivity index (χ2n) is 8.69. The van der Waals surface area contributed by atoms with Gasteiger partial charge < -0.3 is 29.3 Å². The van der Waals surface area contributed by atoms with Gasteiger partial charge in [-0.05, 0) is 38.2 Å². The first-order chi connectivity index (χ1) is 16.1. The van der Waals surface area contributed by atoms with Crippen LogP contribution in [0.4, 0.5) is 11.8 Å². The number of nitrogens with one attached hydrogen (secondary N) is 1. The number of hydrogen-bond acceptors (Lipinski definition) is 8. The van der Waals surface area contributed by atoms with Gasteiger partial charge in [-0.25, -0.2) is 4.98 Å². The molecule has 9 heteroatoms. The van der Waals surface area contributed by atoms with Gasteiger partial charge in [0.25, 0.3) is 0 Å². The molecule has 9 nitrogen and oxygen atoms in total. The predicted octanol–water partition coefficient (Wildman–Crippen LogP) is 3.08. The van der Waals surface area contributed by atoms with Crippen LogP contribution in [-0.2, 0) is 9.53 Å². The maximum atomic E-state index is 12.3. The molecule has 4 rings (SSSR count). The highest BCUT2D eigenvalue weighted by Gasteiger charge is 2.25. The molecular weight excluding hydrogens is 422 g/mol. The molecule has 3 heterocycles. The Balaban J connectivity index is 1.58. The second kappa shape index (κ2) is 10.9. The summed E-state index contributed by atoms with van der Waals surface area (Å²) >= 11 is 0. The van der Waals surface area contributed by atoms with Crippen molar-refractivity contribution >= 4 is 28.6 Å². The van der Waals surface area contributed by atoms with Gasteiger partial charge in [-0.1, -0.05) is 0 Å². The molecule has 2 aliphatic heterocycles. The van der Waals surface area contributed by atoms with Crippen LogP contribution in [0.15, 0.2) is 12.1 Å². The number of hydrogen-bond donors (Lipinski definition) is 1. The van der Waals surface area contributed by atoms with E-state index in [1.807, 2.05) is 17.0 Å². The van der Waals surface area contributed by atoms with Crippen LogP contribution in [0.2, 0.25) is 0 Å². The number of fused-ring (bicyclic) bond motifs is 1. The van der Waals surface area contributed by atoms with Crippen molar-refractivity contribution in [3.05, 3.63) is 12.1 Å². The Hall–Kier alpha value is -2.81. The van der Waals surface area contributed by atoms with Crippen molar-refractivity contribution in [2.45, 2.75) is 44.6 Å². The Kier molecular flexibility index (Phi) is 7.69. The maximum absolute atomic E-state index is 12.3. The number of methoxy groups -OCH3 is 3. The topological polar surface area (TPSA) is 89.1 Å². The molecular formula is C24H35N5O4. The quantitative estimate of drug-likeness (QED) is 0.647. The number of aromatic nitrogens is 2. The van der Waals surface area contributed by atoms with E-state index in [2.05, 4.69) is 10.2 Å². The van der Waals surface area contributed by atoms with E-state index >= 15 is 0 Å². The highest BCUT2D eigenvalue weighted by Crippen LogP contribution is 2.36. The molecule has 1 amide bonds. The van der Waals surface area contributed by atoms with Crippen LogP contribution in [-0.4, -0.2) is 80.9 Å². The van der Waals surface area contributed by atoms with Crippen molar-refractivity contribution in [1.82, 2.24) is 14.9 Å². The zero-order valence-electron chi connectivity index (χ0n) is 19.9. The van der Waals surface area contributed by atoms with Crippen LogP contribution in [0.25, 0.3) is 10.9 Å². The Labute approximate surface area is 195 Å². The van der Waals surface area contributed by atoms with E-state index in [0.29, 0.717) is 24.5 Å². The number of likely N-dealkylation sites (tertiary alicyclic amines) is 1. The smallest absolute Gasteiger partial charge is 0.227 e. The van der Waals surface area contributed by atoms with Crippen molar-refractivity contribution in [3.8, 4) is 11.5 Å². The molecule has 1 N–H and O–H groups in total. The molecule has 0 unspecified atom stereocenters. The van der Waals surface area contributed by atoms with Crippen LogP contribution in [0, 0.1) is 0 Å². The maximum Gasteiger partial charge on any atom is 0.227 e. The van der Waals surface area contributed by atoms with Gasteiger partial charge in [0.15, 0.2) is 11.5 Å². The lowest BCUT2D eigenvalue weighted by Crippen LogP contribution is -2.42. The number of benzene rings is 1. The van der Waals surface area contributed by atoms with E-state index in [9.17, 15) is 4.79 Å². The minimum atomic E-state index is 0.159. The van der Waals surface area contributed by atoms with E-state index < -0.39 is 0 Å². The van der Waals surface area contributed by atoms with Gasteiger partial charge >= 0.3 is 0 Å². The number of amides is 1. The molecule has 0 aliphatic carbocycles. The predicted molar refractivity (Wildman–Crippen MR) is 128 cm³/mol. The fraction of sp³-hybridized carbons (Fsp3) is 0.625. The van der Waals surface area contributed by atoms with Gasteiger partial charge in [-0.3, -0.25) is 4.79 Å². The third-order valence-electron chi connectivity index (χ3n) is 6.54. The van der Waals surface area contributed by atoms with Crippen molar-refractivity contribution in [3.63, 3.8) is 0 Å². The molecule has 0 atom stereocenters. The van der Waals surface area contributed by atoms with E-state index in [-0.39, 0.29) is 11.9 Å². The summed E-state index contributed by atoms with van der Waals surface area (Å²) in [5, 5.41) is 4.57. The van der Waals surface area contributed by atoms with Crippen molar-refractivity contribution in [2.24, 2.45) is 0 Å². The molecule has 2 saturated heterocycles. The highest BCUT2D eigenvalue weighted by atomic mass is 16.5. The van der Waals surface area contributed by atoms with Gasteiger partial charge in [0.05, 0.1) is 32.8 Å². The summed E-state index contributed by atoms with van der Waals surface area (Å²) in [6.07, 6.45) is 5.75. The molecule has 0 bridgehead atoms. The van der Waals surface area contributed by atoms with Crippen molar-refractivity contribution in [1.29, 1.82) is 0 Å². The third kappa shape index (κ3) is 5.40. The molecule has 1 aromatic heterocycles. The molecule has 1 aromatic carbocycles. The molecule has 180 valence electrons. The molecule has 33 heavy (non-hydrogen) atoms. The first-order valence-electron chi connectivity index (χ1n) is 11.8. The van der Waals surface area contributed by atoms with E-state index in [0.717, 1.165) is 74.5 Å². The Morgan fingerprint density at radius 3 is 2.36 bits per heavy atom. The lowest BCUT2D eigenvalue weighted by molar-refractivity contribution is -0.133. The lowest BCUT2D eigenvalue weighted by Gasteiger charge is -2.33. The van der Waals surface area contributed by atoms with Crippen LogP contribution in [0.1, 0.15) is 38.5 Å². The molecule has 2 aliphatic rings. The third-order valence-corrected chi connectivity index (χ3v) is 6.54. The average molecular weight is 458 g/mol. The summed E-state index contributed by atoms with van der Waals surface area (Å²) in [6.45, 7) is 3.88. The highest BCUT2D eigenvalue weighted by molar-refractivity contribution is 5.93. The Morgan fingerprint density at radius 1 is 1.00 bits per heavy atom. The molecule has 0 saturated carbocycles. The van der Waals surface area contributed by atoms with Gasteiger partial charge in [0.1, 0.15) is 5.82 Å². The average Bonchev–Trinajstić information content (AvgIpc) is 2.87. The number of ether oxygens (including phenoxy) is 3. The summed E-state index contributed by atoms with van der Waals surface area (Å²) in [5.41, 5.74) is 0.831. The Morgan fingerprint density at radius 2 is 1.70 bits per heavy atom. The first kappa shape index (κ1) is 23.4. The van der Waals surface area contributed by atoms with E-state index in [1.165, 1.54) is 6.42 Å². The van der Waals surface area contributed by atoms with Crippen LogP contribution in [0.3, 0.4) is 0 Å². The zero-order valence-corrected chi connectivity index (χ0v) is 19.9. The summed E-state index contributed by atoms with van der Waals surface area (Å²) in [6, 6.07) is 4.10. The summed E-state index contributed by atoms with van der Waals surface area (Å²) < 4.78 is 16.1. The van der Waals surface area contributed by atoms with Gasteiger partial charge in [-0.2, -0.15) is 4.98 Å². The summed E-state index contributed by atoms with van der Waals surface area (Å²) in [7, 11) is 4.89. The minimum absolute atomic E-state index is 0.159. The zero-order chi connectivity index (χ0) is 23.2. The van der Waals surface area contributed by atoms with Gasteiger partial charge in [0, 0.05) is 50.8 Å². The Bertz CT molecular complexity index is 956. The molecule has 2 fully saturated rings. The number of carbonyl (C=O) groups excluding carboxylic acids is 1. The number of anilines is 2. The largest absolute Gasteiger partial charge is 0.493 e. The number of rotatable bonds is 8. The van der Waals surface area contributed by atoms with Gasteiger partial charge in [0.2, 0.25) is 11.9 Å².